The predicted molar refractivity (Wildman–Crippen MR) is 74.0 cm³/mol. The molecule has 0 aliphatic carbocycles. The molecule has 0 atom stereocenters. The van der Waals surface area contributed by atoms with Crippen LogP contribution < -0.4 is 5.73 Å². The molecule has 4 nitrogen and oxygen atoms in total. The van der Waals surface area contributed by atoms with E-state index >= 15 is 0 Å². The Balaban J connectivity index is 1.95. The van der Waals surface area contributed by atoms with Crippen molar-refractivity contribution >= 4 is 5.65 Å². The van der Waals surface area contributed by atoms with Gasteiger partial charge in [0.05, 0.1) is 5.69 Å². The molecule has 1 aromatic carbocycles. The Morgan fingerprint density at radius 1 is 1.11 bits per heavy atom. The summed E-state index contributed by atoms with van der Waals surface area (Å²) in [6.07, 6.45) is 4.57. The van der Waals surface area contributed by atoms with Crippen LogP contribution in [0.3, 0.4) is 0 Å². The van der Waals surface area contributed by atoms with Crippen LogP contribution in [0.25, 0.3) is 5.65 Å². The van der Waals surface area contributed by atoms with Crippen LogP contribution in [0.15, 0.2) is 48.8 Å². The third-order valence-electron chi connectivity index (χ3n) is 3.16. The molecule has 2 aromatic heterocycles. The predicted octanol–water partition coefficient (Wildman–Crippen LogP) is 2.09. The number of fused-ring (bicyclic) bond motifs is 1. The van der Waals surface area contributed by atoms with E-state index in [1.807, 2.05) is 47.1 Å². The fourth-order valence-electron chi connectivity index (χ4n) is 2.15. The number of aromatic hydroxyl groups is 1. The lowest BCUT2D eigenvalue weighted by Crippen LogP contribution is -1.97. The lowest BCUT2D eigenvalue weighted by Gasteiger charge is -2.00. The average molecular weight is 253 g/mol. The first-order valence-electron chi connectivity index (χ1n) is 6.20. The zero-order valence-electron chi connectivity index (χ0n) is 10.5. The van der Waals surface area contributed by atoms with Gasteiger partial charge in [0.1, 0.15) is 11.4 Å². The van der Waals surface area contributed by atoms with Crippen molar-refractivity contribution in [2.45, 2.75) is 13.0 Å². The topological polar surface area (TPSA) is 63.5 Å². The van der Waals surface area contributed by atoms with Crippen LogP contribution in [0, 0.1) is 0 Å². The minimum Gasteiger partial charge on any atom is -0.508 e. The molecule has 96 valence electrons. The smallest absolute Gasteiger partial charge is 0.137 e. The molecule has 0 aliphatic rings. The van der Waals surface area contributed by atoms with Gasteiger partial charge in [0.2, 0.25) is 0 Å². The molecule has 0 spiro atoms. The van der Waals surface area contributed by atoms with E-state index in [0.717, 1.165) is 22.5 Å². The van der Waals surface area contributed by atoms with Crippen LogP contribution in [0.5, 0.6) is 5.75 Å². The zero-order chi connectivity index (χ0) is 13.2. The molecule has 0 saturated heterocycles. The van der Waals surface area contributed by atoms with E-state index in [1.54, 1.807) is 6.07 Å². The van der Waals surface area contributed by atoms with Crippen LogP contribution in [0.4, 0.5) is 0 Å². The van der Waals surface area contributed by atoms with Crippen LogP contribution in [0.2, 0.25) is 0 Å². The lowest BCUT2D eigenvalue weighted by atomic mass is 10.1. The second-order valence-electron chi connectivity index (χ2n) is 4.54. The number of rotatable bonds is 3. The number of aromatic nitrogens is 2. The molecule has 0 unspecified atom stereocenters. The SMILES string of the molecule is NCc1ccc2nc(Cc3ccccc3O)cn2c1. The van der Waals surface area contributed by atoms with Crippen molar-refractivity contribution in [2.75, 3.05) is 0 Å². The Hall–Kier alpha value is -2.33. The quantitative estimate of drug-likeness (QED) is 0.751. The highest BCUT2D eigenvalue weighted by Crippen LogP contribution is 2.19. The normalized spacial score (nSPS) is 11.0. The summed E-state index contributed by atoms with van der Waals surface area (Å²) in [6, 6.07) is 11.3. The maximum Gasteiger partial charge on any atom is 0.137 e. The summed E-state index contributed by atoms with van der Waals surface area (Å²) in [7, 11) is 0. The third-order valence-corrected chi connectivity index (χ3v) is 3.16. The van der Waals surface area contributed by atoms with E-state index < -0.39 is 0 Å². The number of nitrogens with two attached hydrogens (primary N) is 1. The van der Waals surface area contributed by atoms with Gasteiger partial charge in [-0.15, -0.1) is 0 Å². The van der Waals surface area contributed by atoms with Gasteiger partial charge in [0.25, 0.3) is 0 Å². The standard InChI is InChI=1S/C15H15N3O/c16-8-11-5-6-15-17-13(10-18(15)9-11)7-12-3-1-2-4-14(12)19/h1-6,9-10,19H,7-8,16H2. The van der Waals surface area contributed by atoms with E-state index in [1.165, 1.54) is 0 Å². The molecule has 0 saturated carbocycles. The van der Waals surface area contributed by atoms with Crippen molar-refractivity contribution in [3.63, 3.8) is 0 Å². The molecular formula is C15H15N3O. The number of benzene rings is 1. The summed E-state index contributed by atoms with van der Waals surface area (Å²) in [5, 5.41) is 9.78. The summed E-state index contributed by atoms with van der Waals surface area (Å²) in [6.45, 7) is 0.517. The summed E-state index contributed by atoms with van der Waals surface area (Å²) in [5.74, 6) is 0.308. The van der Waals surface area contributed by atoms with Gasteiger partial charge in [-0.25, -0.2) is 4.98 Å². The Morgan fingerprint density at radius 2 is 1.95 bits per heavy atom. The first kappa shape index (κ1) is 11.7. The highest BCUT2D eigenvalue weighted by molar-refractivity contribution is 5.43. The van der Waals surface area contributed by atoms with Crippen molar-refractivity contribution in [1.29, 1.82) is 0 Å². The maximum atomic E-state index is 9.78. The minimum atomic E-state index is 0.308. The summed E-state index contributed by atoms with van der Waals surface area (Å²) in [4.78, 5) is 4.54. The van der Waals surface area contributed by atoms with E-state index in [0.29, 0.717) is 18.7 Å². The number of hydrogen-bond donors (Lipinski definition) is 2. The molecule has 19 heavy (non-hydrogen) atoms. The van der Waals surface area contributed by atoms with Gasteiger partial charge in [-0.1, -0.05) is 24.3 Å². The molecule has 2 heterocycles. The highest BCUT2D eigenvalue weighted by atomic mass is 16.3. The van der Waals surface area contributed by atoms with Gasteiger partial charge in [-0.3, -0.25) is 0 Å². The van der Waals surface area contributed by atoms with Crippen molar-refractivity contribution in [3.8, 4) is 5.75 Å². The van der Waals surface area contributed by atoms with E-state index in [2.05, 4.69) is 4.98 Å². The summed E-state index contributed by atoms with van der Waals surface area (Å²) >= 11 is 0. The minimum absolute atomic E-state index is 0.308. The molecule has 3 N–H and O–H groups in total. The van der Waals surface area contributed by atoms with Gasteiger partial charge < -0.3 is 15.2 Å². The molecular weight excluding hydrogens is 238 g/mol. The number of phenolic OH excluding ortho intramolecular Hbond substituents is 1. The highest BCUT2D eigenvalue weighted by Gasteiger charge is 2.06. The zero-order valence-corrected chi connectivity index (χ0v) is 10.5. The first-order chi connectivity index (χ1) is 9.26. The number of imidazole rings is 1. The van der Waals surface area contributed by atoms with Crippen LogP contribution in [-0.2, 0) is 13.0 Å². The van der Waals surface area contributed by atoms with Gasteiger partial charge >= 0.3 is 0 Å². The third kappa shape index (κ3) is 2.30. The maximum absolute atomic E-state index is 9.78. The van der Waals surface area contributed by atoms with E-state index in [4.69, 9.17) is 5.73 Å². The molecule has 3 rings (SSSR count). The van der Waals surface area contributed by atoms with Crippen molar-refractivity contribution in [2.24, 2.45) is 5.73 Å². The van der Waals surface area contributed by atoms with E-state index in [-0.39, 0.29) is 0 Å². The van der Waals surface area contributed by atoms with Crippen molar-refractivity contribution in [3.05, 3.63) is 65.6 Å². The number of para-hydroxylation sites is 1. The first-order valence-corrected chi connectivity index (χ1v) is 6.20. The van der Waals surface area contributed by atoms with Crippen LogP contribution >= 0.6 is 0 Å². The molecule has 4 heteroatoms. The Labute approximate surface area is 111 Å². The van der Waals surface area contributed by atoms with Crippen molar-refractivity contribution < 1.29 is 5.11 Å². The number of hydrogen-bond acceptors (Lipinski definition) is 3. The number of nitrogens with zero attached hydrogens (tertiary/aromatic N) is 2. The Morgan fingerprint density at radius 3 is 2.74 bits per heavy atom. The second kappa shape index (κ2) is 4.74. The Bertz CT molecular complexity index is 718. The van der Waals surface area contributed by atoms with Crippen molar-refractivity contribution in [1.82, 2.24) is 9.38 Å². The molecule has 0 bridgehead atoms. The molecule has 0 fully saturated rings. The van der Waals surface area contributed by atoms with Crippen LogP contribution in [-0.4, -0.2) is 14.5 Å². The van der Waals surface area contributed by atoms with Crippen LogP contribution in [0.1, 0.15) is 16.8 Å². The lowest BCUT2D eigenvalue weighted by molar-refractivity contribution is 0.469. The monoisotopic (exact) mass is 253 g/mol. The van der Waals surface area contributed by atoms with Gasteiger partial charge in [-0.2, -0.15) is 0 Å². The Kier molecular flexibility index (Phi) is 2.93. The number of pyridine rings is 1. The molecule has 0 radical (unpaired) electrons. The fraction of sp³-hybridized carbons (Fsp3) is 0.133. The molecule has 3 aromatic rings. The molecule has 0 aliphatic heterocycles. The summed E-state index contributed by atoms with van der Waals surface area (Å²) < 4.78 is 1.97. The largest absolute Gasteiger partial charge is 0.508 e. The van der Waals surface area contributed by atoms with Gasteiger partial charge in [0, 0.05) is 25.4 Å². The van der Waals surface area contributed by atoms with E-state index in [9.17, 15) is 5.11 Å². The van der Waals surface area contributed by atoms with Gasteiger partial charge in [-0.05, 0) is 23.3 Å². The average Bonchev–Trinajstić information content (AvgIpc) is 2.82. The summed E-state index contributed by atoms with van der Waals surface area (Å²) in [5.41, 5.74) is 9.39. The second-order valence-corrected chi connectivity index (χ2v) is 4.54. The number of phenols is 1. The fourth-order valence-corrected chi connectivity index (χ4v) is 2.15. The molecule has 0 amide bonds. The van der Waals surface area contributed by atoms with Gasteiger partial charge in [0.15, 0.2) is 0 Å².